The number of ether oxygens (including phenoxy) is 1. The summed E-state index contributed by atoms with van der Waals surface area (Å²) in [6, 6.07) is 5.75. The maximum Gasteiger partial charge on any atom is 0.264 e. The Morgan fingerprint density at radius 2 is 2.15 bits per heavy atom. The summed E-state index contributed by atoms with van der Waals surface area (Å²) < 4.78 is 19.1. The Morgan fingerprint density at radius 3 is 2.75 bits per heavy atom. The Morgan fingerprint density at radius 1 is 1.40 bits per heavy atom. The van der Waals surface area contributed by atoms with Crippen molar-refractivity contribution >= 4 is 11.6 Å². The van der Waals surface area contributed by atoms with E-state index in [0.717, 1.165) is 5.56 Å². The fourth-order valence-corrected chi connectivity index (χ4v) is 1.90. The first-order valence-electron chi connectivity index (χ1n) is 6.13. The van der Waals surface area contributed by atoms with E-state index in [1.54, 1.807) is 12.1 Å². The lowest BCUT2D eigenvalue weighted by atomic mass is 10.0. The predicted molar refractivity (Wildman–Crippen MR) is 74.7 cm³/mol. The van der Waals surface area contributed by atoms with Crippen molar-refractivity contribution in [2.24, 2.45) is 0 Å². The van der Waals surface area contributed by atoms with Gasteiger partial charge in [0.25, 0.3) is 5.56 Å². The SMILES string of the molecule is CC(C)c1cc(Cl)c(F)cc1OCc1ccc(=O)[nH]n1. The van der Waals surface area contributed by atoms with E-state index in [9.17, 15) is 9.18 Å². The van der Waals surface area contributed by atoms with E-state index in [4.69, 9.17) is 16.3 Å². The highest BCUT2D eigenvalue weighted by molar-refractivity contribution is 6.30. The molecule has 0 fully saturated rings. The van der Waals surface area contributed by atoms with Crippen LogP contribution in [0.25, 0.3) is 0 Å². The zero-order valence-electron chi connectivity index (χ0n) is 11.1. The molecule has 1 N–H and O–H groups in total. The fraction of sp³-hybridized carbons (Fsp3) is 0.286. The van der Waals surface area contributed by atoms with Crippen molar-refractivity contribution in [3.8, 4) is 5.75 Å². The molecule has 2 rings (SSSR count). The fourth-order valence-electron chi connectivity index (χ4n) is 1.73. The number of rotatable bonds is 4. The van der Waals surface area contributed by atoms with Gasteiger partial charge in [0.05, 0.1) is 10.7 Å². The smallest absolute Gasteiger partial charge is 0.264 e. The first-order valence-corrected chi connectivity index (χ1v) is 6.51. The number of nitrogens with one attached hydrogen (secondary N) is 1. The van der Waals surface area contributed by atoms with E-state index in [-0.39, 0.29) is 23.1 Å². The van der Waals surface area contributed by atoms with Crippen LogP contribution in [0.2, 0.25) is 5.02 Å². The van der Waals surface area contributed by atoms with Crippen LogP contribution < -0.4 is 10.3 Å². The molecule has 1 heterocycles. The largest absolute Gasteiger partial charge is 0.487 e. The number of H-pyrrole nitrogens is 1. The number of hydrogen-bond donors (Lipinski definition) is 1. The van der Waals surface area contributed by atoms with E-state index in [2.05, 4.69) is 10.2 Å². The summed E-state index contributed by atoms with van der Waals surface area (Å²) in [5.41, 5.74) is 1.09. The molecule has 0 saturated heterocycles. The lowest BCUT2D eigenvalue weighted by Gasteiger charge is -2.14. The molecule has 20 heavy (non-hydrogen) atoms. The lowest BCUT2D eigenvalue weighted by Crippen LogP contribution is -2.09. The van der Waals surface area contributed by atoms with Gasteiger partial charge >= 0.3 is 0 Å². The number of aromatic amines is 1. The van der Waals surface area contributed by atoms with Crippen LogP contribution >= 0.6 is 11.6 Å². The summed E-state index contributed by atoms with van der Waals surface area (Å²) in [5.74, 6) is 0.0435. The van der Waals surface area contributed by atoms with Gasteiger partial charge in [-0.1, -0.05) is 25.4 Å². The van der Waals surface area contributed by atoms with Gasteiger partial charge in [-0.05, 0) is 23.6 Å². The van der Waals surface area contributed by atoms with Gasteiger partial charge in [-0.25, -0.2) is 9.49 Å². The standard InChI is InChI=1S/C14H14ClFN2O2/c1-8(2)10-5-11(15)12(16)6-13(10)20-7-9-3-4-14(19)18-17-9/h3-6,8H,7H2,1-2H3,(H,18,19). The van der Waals surface area contributed by atoms with Crippen molar-refractivity contribution in [3.05, 3.63) is 56.7 Å². The Bertz CT molecular complexity index is 650. The van der Waals surface area contributed by atoms with Crippen LogP contribution in [0.5, 0.6) is 5.75 Å². The number of aromatic nitrogens is 2. The maximum atomic E-state index is 13.5. The second-order valence-corrected chi connectivity index (χ2v) is 5.07. The molecule has 0 saturated carbocycles. The van der Waals surface area contributed by atoms with Crippen molar-refractivity contribution in [2.45, 2.75) is 26.4 Å². The molecule has 6 heteroatoms. The molecule has 0 amide bonds. The number of hydrogen-bond acceptors (Lipinski definition) is 3. The molecular weight excluding hydrogens is 283 g/mol. The third kappa shape index (κ3) is 3.36. The average Bonchev–Trinajstić information content (AvgIpc) is 2.41. The van der Waals surface area contributed by atoms with Gasteiger partial charge in [-0.2, -0.15) is 5.10 Å². The Balaban J connectivity index is 2.22. The number of nitrogens with zero attached hydrogens (tertiary/aromatic N) is 1. The first kappa shape index (κ1) is 14.5. The first-order chi connectivity index (χ1) is 9.47. The highest BCUT2D eigenvalue weighted by Crippen LogP contribution is 2.31. The van der Waals surface area contributed by atoms with Crippen molar-refractivity contribution in [1.82, 2.24) is 10.2 Å². The van der Waals surface area contributed by atoms with Crippen LogP contribution in [0, 0.1) is 5.82 Å². The lowest BCUT2D eigenvalue weighted by molar-refractivity contribution is 0.294. The summed E-state index contributed by atoms with van der Waals surface area (Å²) in [7, 11) is 0. The minimum Gasteiger partial charge on any atom is -0.487 e. The van der Waals surface area contributed by atoms with Crippen LogP contribution in [0.4, 0.5) is 4.39 Å². The second kappa shape index (κ2) is 6.05. The highest BCUT2D eigenvalue weighted by Gasteiger charge is 2.13. The molecule has 1 aromatic heterocycles. The van der Waals surface area contributed by atoms with Gasteiger partial charge in [0.1, 0.15) is 18.2 Å². The molecular formula is C14H14ClFN2O2. The van der Waals surface area contributed by atoms with Crippen molar-refractivity contribution < 1.29 is 9.13 Å². The van der Waals surface area contributed by atoms with Crippen molar-refractivity contribution in [3.63, 3.8) is 0 Å². The van der Waals surface area contributed by atoms with Crippen LogP contribution in [-0.2, 0) is 6.61 Å². The van der Waals surface area contributed by atoms with Crippen LogP contribution in [0.3, 0.4) is 0 Å². The Hall–Kier alpha value is -1.88. The van der Waals surface area contributed by atoms with Gasteiger partial charge in [-0.3, -0.25) is 4.79 Å². The molecule has 2 aromatic rings. The van der Waals surface area contributed by atoms with E-state index in [1.165, 1.54) is 12.1 Å². The summed E-state index contributed by atoms with van der Waals surface area (Å²) in [5, 5.41) is 6.21. The monoisotopic (exact) mass is 296 g/mol. The van der Waals surface area contributed by atoms with Crippen LogP contribution in [0.1, 0.15) is 31.0 Å². The maximum absolute atomic E-state index is 13.5. The quantitative estimate of drug-likeness (QED) is 0.942. The second-order valence-electron chi connectivity index (χ2n) is 4.66. The molecule has 0 atom stereocenters. The summed E-state index contributed by atoms with van der Waals surface area (Å²) in [6.45, 7) is 4.07. The van der Waals surface area contributed by atoms with E-state index in [1.807, 2.05) is 13.8 Å². The highest BCUT2D eigenvalue weighted by atomic mass is 35.5. The average molecular weight is 297 g/mol. The molecule has 0 spiro atoms. The van der Waals surface area contributed by atoms with Crippen LogP contribution in [-0.4, -0.2) is 10.2 Å². The predicted octanol–water partition coefficient (Wildman–Crippen LogP) is 3.26. The topological polar surface area (TPSA) is 55.0 Å². The van der Waals surface area contributed by atoms with E-state index >= 15 is 0 Å². The molecule has 0 bridgehead atoms. The minimum atomic E-state index is -0.527. The molecule has 0 aliphatic rings. The van der Waals surface area contributed by atoms with Crippen molar-refractivity contribution in [1.29, 1.82) is 0 Å². The minimum absolute atomic E-state index is 0.0724. The third-order valence-corrected chi connectivity index (χ3v) is 3.08. The van der Waals surface area contributed by atoms with Gasteiger partial charge in [0.15, 0.2) is 0 Å². The van der Waals surface area contributed by atoms with Gasteiger partial charge in [-0.15, -0.1) is 0 Å². The zero-order valence-corrected chi connectivity index (χ0v) is 11.9. The summed E-state index contributed by atoms with van der Waals surface area (Å²) >= 11 is 5.78. The molecule has 0 unspecified atom stereocenters. The van der Waals surface area contributed by atoms with E-state index < -0.39 is 5.82 Å². The molecule has 0 aliphatic carbocycles. The number of halogens is 2. The Labute approximate surface area is 120 Å². The van der Waals surface area contributed by atoms with E-state index in [0.29, 0.717) is 11.4 Å². The molecule has 4 nitrogen and oxygen atoms in total. The summed E-state index contributed by atoms with van der Waals surface area (Å²) in [6.07, 6.45) is 0. The molecule has 1 aromatic carbocycles. The normalized spacial score (nSPS) is 10.8. The molecule has 106 valence electrons. The third-order valence-electron chi connectivity index (χ3n) is 2.79. The van der Waals surface area contributed by atoms with Gasteiger partial charge in [0.2, 0.25) is 0 Å². The zero-order chi connectivity index (χ0) is 14.7. The van der Waals surface area contributed by atoms with Crippen molar-refractivity contribution in [2.75, 3.05) is 0 Å². The summed E-state index contributed by atoms with van der Waals surface area (Å²) in [4.78, 5) is 10.9. The Kier molecular flexibility index (Phi) is 4.39. The van der Waals surface area contributed by atoms with Crippen LogP contribution in [0.15, 0.2) is 29.1 Å². The molecule has 0 radical (unpaired) electrons. The van der Waals surface area contributed by atoms with Gasteiger partial charge < -0.3 is 4.74 Å². The molecule has 0 aliphatic heterocycles. The van der Waals surface area contributed by atoms with Gasteiger partial charge in [0, 0.05) is 12.1 Å². The number of benzene rings is 1.